The van der Waals surface area contributed by atoms with Gasteiger partial charge in [0.05, 0.1) is 7.11 Å². The highest BCUT2D eigenvalue weighted by molar-refractivity contribution is 7.99. The summed E-state index contributed by atoms with van der Waals surface area (Å²) in [6.45, 7) is 2.20. The Labute approximate surface area is 119 Å². The smallest absolute Gasteiger partial charge is 0.118 e. The highest BCUT2D eigenvalue weighted by atomic mass is 32.2. The average Bonchev–Trinajstić information content (AvgIpc) is 2.47. The number of rotatable bonds is 5. The first kappa shape index (κ1) is 13.8. The Kier molecular flexibility index (Phi) is 4.74. The number of anilines is 1. The number of thioether (sulfide) groups is 1. The van der Waals surface area contributed by atoms with Crippen LogP contribution in [0.1, 0.15) is 24.2 Å². The molecule has 2 nitrogen and oxygen atoms in total. The molecule has 0 aromatic heterocycles. The van der Waals surface area contributed by atoms with Gasteiger partial charge in [0, 0.05) is 15.8 Å². The van der Waals surface area contributed by atoms with Crippen LogP contribution in [0, 0.1) is 0 Å². The summed E-state index contributed by atoms with van der Waals surface area (Å²) in [5, 5.41) is 0.413. The number of nitrogen functional groups attached to an aromatic ring is 1. The van der Waals surface area contributed by atoms with Crippen LogP contribution >= 0.6 is 11.8 Å². The fourth-order valence-electron chi connectivity index (χ4n) is 1.95. The Hall–Kier alpha value is -1.61. The van der Waals surface area contributed by atoms with Gasteiger partial charge in [0.15, 0.2) is 0 Å². The molecule has 0 aliphatic carbocycles. The van der Waals surface area contributed by atoms with Crippen molar-refractivity contribution in [3.63, 3.8) is 0 Å². The quantitative estimate of drug-likeness (QED) is 0.642. The number of methoxy groups -OCH3 is 1. The SMILES string of the molecule is CC[C@H](Sc1ccccc1N)c1ccc(OC)cc1. The third kappa shape index (κ3) is 3.44. The number of ether oxygens (including phenoxy) is 1. The van der Waals surface area contributed by atoms with Crippen molar-refractivity contribution >= 4 is 17.4 Å². The molecule has 0 aliphatic rings. The first-order valence-electron chi connectivity index (χ1n) is 6.39. The van der Waals surface area contributed by atoms with Gasteiger partial charge in [-0.3, -0.25) is 0 Å². The van der Waals surface area contributed by atoms with Crippen molar-refractivity contribution in [1.29, 1.82) is 0 Å². The standard InChI is InChI=1S/C16H19NOS/c1-3-15(12-8-10-13(18-2)11-9-12)19-16-7-5-4-6-14(16)17/h4-11,15H,3,17H2,1-2H3/t15-/m0/s1. The van der Waals surface area contributed by atoms with Crippen LogP contribution < -0.4 is 10.5 Å². The van der Waals surface area contributed by atoms with Crippen LogP contribution in [0.4, 0.5) is 5.69 Å². The Balaban J connectivity index is 2.17. The normalized spacial score (nSPS) is 12.1. The molecule has 0 aliphatic heterocycles. The molecule has 2 N–H and O–H groups in total. The molecule has 2 rings (SSSR count). The zero-order chi connectivity index (χ0) is 13.7. The number of para-hydroxylation sites is 1. The molecular weight excluding hydrogens is 254 g/mol. The lowest BCUT2D eigenvalue weighted by Crippen LogP contribution is -1.95. The van der Waals surface area contributed by atoms with Gasteiger partial charge < -0.3 is 10.5 Å². The molecular formula is C16H19NOS. The molecule has 3 heteroatoms. The van der Waals surface area contributed by atoms with Crippen molar-refractivity contribution in [3.05, 3.63) is 54.1 Å². The largest absolute Gasteiger partial charge is 0.497 e. The van der Waals surface area contributed by atoms with Gasteiger partial charge in [-0.05, 0) is 36.2 Å². The predicted octanol–water partition coefficient (Wildman–Crippen LogP) is 4.52. The van der Waals surface area contributed by atoms with Gasteiger partial charge in [0.1, 0.15) is 5.75 Å². The molecule has 1 atom stereocenters. The summed E-state index contributed by atoms with van der Waals surface area (Å²) in [4.78, 5) is 1.14. The maximum absolute atomic E-state index is 6.01. The molecule has 0 amide bonds. The summed E-state index contributed by atoms with van der Waals surface area (Å²) in [6.07, 6.45) is 1.06. The second-order valence-corrected chi connectivity index (χ2v) is 5.57. The fourth-order valence-corrected chi connectivity index (χ4v) is 3.07. The lowest BCUT2D eigenvalue weighted by atomic mass is 10.1. The van der Waals surface area contributed by atoms with E-state index in [0.29, 0.717) is 5.25 Å². The van der Waals surface area contributed by atoms with E-state index in [1.807, 2.05) is 42.1 Å². The van der Waals surface area contributed by atoms with Gasteiger partial charge in [0.25, 0.3) is 0 Å². The van der Waals surface area contributed by atoms with Gasteiger partial charge in [-0.25, -0.2) is 0 Å². The summed E-state index contributed by atoms with van der Waals surface area (Å²) in [5.74, 6) is 0.892. The number of benzene rings is 2. The van der Waals surface area contributed by atoms with E-state index in [1.165, 1.54) is 5.56 Å². The van der Waals surface area contributed by atoms with Crippen LogP contribution in [0.3, 0.4) is 0 Å². The zero-order valence-corrected chi connectivity index (χ0v) is 12.1. The van der Waals surface area contributed by atoms with E-state index in [4.69, 9.17) is 10.5 Å². The van der Waals surface area contributed by atoms with Gasteiger partial charge >= 0.3 is 0 Å². The highest BCUT2D eigenvalue weighted by Gasteiger charge is 2.12. The molecule has 0 saturated heterocycles. The van der Waals surface area contributed by atoms with E-state index < -0.39 is 0 Å². The molecule has 100 valence electrons. The van der Waals surface area contributed by atoms with Gasteiger partial charge in [0.2, 0.25) is 0 Å². The van der Waals surface area contributed by atoms with Crippen molar-refractivity contribution in [3.8, 4) is 5.75 Å². The number of nitrogens with two attached hydrogens (primary N) is 1. The summed E-state index contributed by atoms with van der Waals surface area (Å²) < 4.78 is 5.19. The minimum Gasteiger partial charge on any atom is -0.497 e. The van der Waals surface area contributed by atoms with Crippen LogP contribution in [-0.2, 0) is 0 Å². The van der Waals surface area contributed by atoms with Crippen molar-refractivity contribution in [2.24, 2.45) is 0 Å². The fraction of sp³-hybridized carbons (Fsp3) is 0.250. The maximum Gasteiger partial charge on any atom is 0.118 e. The van der Waals surface area contributed by atoms with E-state index in [2.05, 4.69) is 25.1 Å². The average molecular weight is 273 g/mol. The molecule has 0 saturated carbocycles. The van der Waals surface area contributed by atoms with E-state index in [1.54, 1.807) is 7.11 Å². The van der Waals surface area contributed by atoms with Crippen molar-refractivity contribution in [2.45, 2.75) is 23.5 Å². The molecule has 0 unspecified atom stereocenters. The predicted molar refractivity (Wildman–Crippen MR) is 82.7 cm³/mol. The Morgan fingerprint density at radius 1 is 1.11 bits per heavy atom. The van der Waals surface area contributed by atoms with Gasteiger partial charge in [-0.15, -0.1) is 11.8 Å². The van der Waals surface area contributed by atoms with E-state index in [0.717, 1.165) is 22.8 Å². The number of hydrogen-bond acceptors (Lipinski definition) is 3. The van der Waals surface area contributed by atoms with Crippen LogP contribution in [0.25, 0.3) is 0 Å². The summed E-state index contributed by atoms with van der Waals surface area (Å²) in [7, 11) is 1.69. The van der Waals surface area contributed by atoms with Crippen LogP contribution in [0.15, 0.2) is 53.4 Å². The highest BCUT2D eigenvalue weighted by Crippen LogP contribution is 2.40. The Bertz CT molecular complexity index is 525. The molecule has 0 heterocycles. The lowest BCUT2D eigenvalue weighted by Gasteiger charge is -2.16. The molecule has 2 aromatic carbocycles. The summed E-state index contributed by atoms with van der Waals surface area (Å²) in [6, 6.07) is 16.3. The minimum atomic E-state index is 0.413. The molecule has 19 heavy (non-hydrogen) atoms. The van der Waals surface area contributed by atoms with E-state index >= 15 is 0 Å². The first-order chi connectivity index (χ1) is 9.24. The first-order valence-corrected chi connectivity index (χ1v) is 7.27. The van der Waals surface area contributed by atoms with Crippen molar-refractivity contribution in [2.75, 3.05) is 12.8 Å². The molecule has 0 bridgehead atoms. The second kappa shape index (κ2) is 6.53. The Morgan fingerprint density at radius 2 is 1.79 bits per heavy atom. The third-order valence-electron chi connectivity index (χ3n) is 3.05. The van der Waals surface area contributed by atoms with Crippen LogP contribution in [0.2, 0.25) is 0 Å². The Morgan fingerprint density at radius 3 is 2.37 bits per heavy atom. The number of hydrogen-bond donors (Lipinski definition) is 1. The van der Waals surface area contributed by atoms with Crippen LogP contribution in [0.5, 0.6) is 5.75 Å². The molecule has 2 aromatic rings. The molecule has 0 fully saturated rings. The topological polar surface area (TPSA) is 35.2 Å². The van der Waals surface area contributed by atoms with Crippen molar-refractivity contribution < 1.29 is 4.74 Å². The van der Waals surface area contributed by atoms with Gasteiger partial charge in [-0.1, -0.05) is 31.2 Å². The lowest BCUT2D eigenvalue weighted by molar-refractivity contribution is 0.414. The zero-order valence-electron chi connectivity index (χ0n) is 11.3. The monoisotopic (exact) mass is 273 g/mol. The minimum absolute atomic E-state index is 0.413. The van der Waals surface area contributed by atoms with E-state index in [9.17, 15) is 0 Å². The van der Waals surface area contributed by atoms with Crippen molar-refractivity contribution in [1.82, 2.24) is 0 Å². The van der Waals surface area contributed by atoms with E-state index in [-0.39, 0.29) is 0 Å². The maximum atomic E-state index is 6.01. The summed E-state index contributed by atoms with van der Waals surface area (Å²) >= 11 is 1.82. The molecule has 0 spiro atoms. The second-order valence-electron chi connectivity index (χ2n) is 4.33. The third-order valence-corrected chi connectivity index (χ3v) is 4.56. The van der Waals surface area contributed by atoms with Gasteiger partial charge in [-0.2, -0.15) is 0 Å². The summed E-state index contributed by atoms with van der Waals surface area (Å²) in [5.41, 5.74) is 8.16. The molecule has 0 radical (unpaired) electrons. The van der Waals surface area contributed by atoms with Crippen LogP contribution in [-0.4, -0.2) is 7.11 Å².